The summed E-state index contributed by atoms with van der Waals surface area (Å²) in [5.74, 6) is 0.161. The van der Waals surface area contributed by atoms with Gasteiger partial charge in [-0.1, -0.05) is 41.9 Å². The number of rotatable bonds is 5. The monoisotopic (exact) mass is 382 g/mol. The minimum atomic E-state index is -0.572. The summed E-state index contributed by atoms with van der Waals surface area (Å²) in [6, 6.07) is 18.4. The predicted octanol–water partition coefficient (Wildman–Crippen LogP) is 5.18. The number of anilines is 1. The van der Waals surface area contributed by atoms with Crippen molar-refractivity contribution in [2.45, 2.75) is 0 Å². The summed E-state index contributed by atoms with van der Waals surface area (Å²) in [5, 5.41) is 13.9. The van der Waals surface area contributed by atoms with E-state index in [1.54, 1.807) is 19.2 Å². The standard InChI is InChI=1S/C20H15ClN2O4/c1-27-15-6-4-5-13(11-15)16-7-2-3-8-19(16)22-20(24)17-12-14(23(25)26)9-10-18(17)21/h2-12H,1H3,(H,22,24). The van der Waals surface area contributed by atoms with Crippen LogP contribution in [0.3, 0.4) is 0 Å². The number of nitro benzene ring substituents is 1. The average Bonchev–Trinajstić information content (AvgIpc) is 2.68. The van der Waals surface area contributed by atoms with Gasteiger partial charge >= 0.3 is 0 Å². The van der Waals surface area contributed by atoms with Gasteiger partial charge in [0, 0.05) is 23.4 Å². The van der Waals surface area contributed by atoms with Crippen molar-refractivity contribution in [2.24, 2.45) is 0 Å². The lowest BCUT2D eigenvalue weighted by Gasteiger charge is -2.13. The van der Waals surface area contributed by atoms with E-state index in [4.69, 9.17) is 16.3 Å². The Balaban J connectivity index is 1.96. The Hall–Kier alpha value is -3.38. The Morgan fingerprint density at radius 2 is 1.85 bits per heavy atom. The van der Waals surface area contributed by atoms with E-state index in [9.17, 15) is 14.9 Å². The molecule has 0 heterocycles. The van der Waals surface area contributed by atoms with Crippen molar-refractivity contribution in [3.63, 3.8) is 0 Å². The Labute approximate surface area is 160 Å². The van der Waals surface area contributed by atoms with E-state index >= 15 is 0 Å². The van der Waals surface area contributed by atoms with E-state index in [1.165, 1.54) is 12.1 Å². The number of amides is 1. The lowest BCUT2D eigenvalue weighted by molar-refractivity contribution is -0.384. The van der Waals surface area contributed by atoms with E-state index in [2.05, 4.69) is 5.32 Å². The second-order valence-corrected chi connectivity index (χ2v) is 6.06. The molecule has 0 radical (unpaired) electrons. The third kappa shape index (κ3) is 4.07. The lowest BCUT2D eigenvalue weighted by Crippen LogP contribution is -2.13. The number of nitrogens with zero attached hydrogens (tertiary/aromatic N) is 1. The molecule has 0 saturated carbocycles. The van der Waals surface area contributed by atoms with Gasteiger partial charge in [0.05, 0.1) is 22.6 Å². The van der Waals surface area contributed by atoms with Gasteiger partial charge in [0.15, 0.2) is 0 Å². The highest BCUT2D eigenvalue weighted by Gasteiger charge is 2.17. The predicted molar refractivity (Wildman–Crippen MR) is 104 cm³/mol. The molecular weight excluding hydrogens is 368 g/mol. The summed E-state index contributed by atoms with van der Waals surface area (Å²) in [5.41, 5.74) is 2.02. The number of carbonyl (C=O) groups excluding carboxylic acids is 1. The number of ether oxygens (including phenoxy) is 1. The first kappa shape index (κ1) is 18.4. The molecule has 0 saturated heterocycles. The van der Waals surface area contributed by atoms with Gasteiger partial charge in [-0.05, 0) is 29.8 Å². The van der Waals surface area contributed by atoms with Gasteiger partial charge in [0.1, 0.15) is 5.75 Å². The maximum Gasteiger partial charge on any atom is 0.270 e. The number of hydrogen-bond donors (Lipinski definition) is 1. The molecule has 6 nitrogen and oxygen atoms in total. The Bertz CT molecular complexity index is 1020. The minimum absolute atomic E-state index is 0.0336. The van der Waals surface area contributed by atoms with Crippen LogP contribution in [0.2, 0.25) is 5.02 Å². The number of nitrogens with one attached hydrogen (secondary N) is 1. The molecule has 0 bridgehead atoms. The highest BCUT2D eigenvalue weighted by atomic mass is 35.5. The summed E-state index contributed by atoms with van der Waals surface area (Å²) in [6.07, 6.45) is 0. The number of non-ortho nitro benzene ring substituents is 1. The minimum Gasteiger partial charge on any atom is -0.497 e. The van der Waals surface area contributed by atoms with Crippen LogP contribution in [-0.2, 0) is 0 Å². The Morgan fingerprint density at radius 1 is 1.07 bits per heavy atom. The van der Waals surface area contributed by atoms with Crippen LogP contribution in [0.4, 0.5) is 11.4 Å². The zero-order valence-electron chi connectivity index (χ0n) is 14.3. The summed E-state index contributed by atoms with van der Waals surface area (Å²) in [6.45, 7) is 0. The number of benzene rings is 3. The first-order valence-corrected chi connectivity index (χ1v) is 8.36. The van der Waals surface area contributed by atoms with E-state index in [0.29, 0.717) is 11.4 Å². The first-order chi connectivity index (χ1) is 13.0. The highest BCUT2D eigenvalue weighted by Crippen LogP contribution is 2.31. The number of para-hydroxylation sites is 1. The molecular formula is C20H15ClN2O4. The van der Waals surface area contributed by atoms with Crippen molar-refractivity contribution >= 4 is 28.9 Å². The van der Waals surface area contributed by atoms with Crippen LogP contribution in [0.1, 0.15) is 10.4 Å². The van der Waals surface area contributed by atoms with E-state index in [0.717, 1.165) is 17.2 Å². The fraction of sp³-hybridized carbons (Fsp3) is 0.0500. The zero-order chi connectivity index (χ0) is 19.4. The largest absolute Gasteiger partial charge is 0.497 e. The summed E-state index contributed by atoms with van der Waals surface area (Å²) in [7, 11) is 1.58. The first-order valence-electron chi connectivity index (χ1n) is 7.98. The van der Waals surface area contributed by atoms with Gasteiger partial charge in [-0.25, -0.2) is 0 Å². The molecule has 0 unspecified atom stereocenters. The fourth-order valence-electron chi connectivity index (χ4n) is 2.62. The Morgan fingerprint density at radius 3 is 2.59 bits per heavy atom. The van der Waals surface area contributed by atoms with Crippen molar-refractivity contribution in [3.8, 4) is 16.9 Å². The van der Waals surface area contributed by atoms with Crippen LogP contribution in [0.5, 0.6) is 5.75 Å². The SMILES string of the molecule is COc1cccc(-c2ccccc2NC(=O)c2cc([N+](=O)[O-])ccc2Cl)c1. The fourth-order valence-corrected chi connectivity index (χ4v) is 2.83. The number of methoxy groups -OCH3 is 1. The van der Waals surface area contributed by atoms with Crippen LogP contribution in [0.25, 0.3) is 11.1 Å². The molecule has 0 aliphatic carbocycles. The third-order valence-corrected chi connectivity index (χ3v) is 4.29. The molecule has 27 heavy (non-hydrogen) atoms. The Kier molecular flexibility index (Phi) is 5.38. The molecule has 3 aromatic carbocycles. The zero-order valence-corrected chi connectivity index (χ0v) is 15.1. The van der Waals surface area contributed by atoms with Crippen molar-refractivity contribution in [2.75, 3.05) is 12.4 Å². The van der Waals surface area contributed by atoms with Crippen molar-refractivity contribution in [1.29, 1.82) is 0 Å². The average molecular weight is 383 g/mol. The normalized spacial score (nSPS) is 10.3. The molecule has 0 aromatic heterocycles. The molecule has 7 heteroatoms. The highest BCUT2D eigenvalue weighted by molar-refractivity contribution is 6.34. The molecule has 1 N–H and O–H groups in total. The maximum atomic E-state index is 12.7. The third-order valence-electron chi connectivity index (χ3n) is 3.96. The van der Waals surface area contributed by atoms with Gasteiger partial charge in [-0.15, -0.1) is 0 Å². The smallest absolute Gasteiger partial charge is 0.270 e. The van der Waals surface area contributed by atoms with Crippen LogP contribution in [-0.4, -0.2) is 17.9 Å². The van der Waals surface area contributed by atoms with Gasteiger partial charge in [-0.3, -0.25) is 14.9 Å². The topological polar surface area (TPSA) is 81.5 Å². The molecule has 0 fully saturated rings. The lowest BCUT2D eigenvalue weighted by atomic mass is 10.0. The molecule has 0 aliphatic rings. The maximum absolute atomic E-state index is 12.7. The number of carbonyl (C=O) groups is 1. The summed E-state index contributed by atoms with van der Waals surface area (Å²) < 4.78 is 5.25. The van der Waals surface area contributed by atoms with Crippen LogP contribution in [0, 0.1) is 10.1 Å². The number of nitro groups is 1. The number of hydrogen-bond acceptors (Lipinski definition) is 4. The molecule has 0 aliphatic heterocycles. The van der Waals surface area contributed by atoms with Crippen LogP contribution >= 0.6 is 11.6 Å². The molecule has 3 aromatic rings. The van der Waals surface area contributed by atoms with Gasteiger partial charge in [0.25, 0.3) is 11.6 Å². The molecule has 3 rings (SSSR count). The summed E-state index contributed by atoms with van der Waals surface area (Å²) in [4.78, 5) is 23.1. The van der Waals surface area contributed by atoms with Crippen LogP contribution in [0.15, 0.2) is 66.7 Å². The van der Waals surface area contributed by atoms with E-state index in [1.807, 2.05) is 36.4 Å². The van der Waals surface area contributed by atoms with Gasteiger partial charge in [0.2, 0.25) is 0 Å². The van der Waals surface area contributed by atoms with Crippen molar-refractivity contribution in [3.05, 3.63) is 87.4 Å². The summed E-state index contributed by atoms with van der Waals surface area (Å²) >= 11 is 6.06. The van der Waals surface area contributed by atoms with Gasteiger partial charge < -0.3 is 10.1 Å². The number of halogens is 1. The van der Waals surface area contributed by atoms with E-state index < -0.39 is 10.8 Å². The molecule has 0 atom stereocenters. The molecule has 1 amide bonds. The van der Waals surface area contributed by atoms with E-state index in [-0.39, 0.29) is 16.3 Å². The van der Waals surface area contributed by atoms with Crippen molar-refractivity contribution < 1.29 is 14.5 Å². The van der Waals surface area contributed by atoms with Crippen LogP contribution < -0.4 is 10.1 Å². The molecule has 0 spiro atoms. The second-order valence-electron chi connectivity index (χ2n) is 5.65. The van der Waals surface area contributed by atoms with Gasteiger partial charge in [-0.2, -0.15) is 0 Å². The molecule has 136 valence electrons. The quantitative estimate of drug-likeness (QED) is 0.487. The van der Waals surface area contributed by atoms with Crippen molar-refractivity contribution in [1.82, 2.24) is 0 Å². The second kappa shape index (κ2) is 7.88.